The second-order valence-corrected chi connectivity index (χ2v) is 12.2. The van der Waals surface area contributed by atoms with Gasteiger partial charge in [0.2, 0.25) is 10.0 Å². The van der Waals surface area contributed by atoms with Gasteiger partial charge in [0.05, 0.1) is 21.7 Å². The van der Waals surface area contributed by atoms with Crippen LogP contribution in [-0.4, -0.2) is 67.8 Å². The van der Waals surface area contributed by atoms with E-state index < -0.39 is 10.0 Å². The minimum atomic E-state index is -3.68. The first-order valence-corrected chi connectivity index (χ1v) is 15.4. The molecule has 1 aliphatic heterocycles. The summed E-state index contributed by atoms with van der Waals surface area (Å²) < 4.78 is 34.6. The Hall–Kier alpha value is -3.47. The smallest absolute Gasteiger partial charge is 0.253 e. The third kappa shape index (κ3) is 5.93. The molecule has 1 amide bonds. The third-order valence-corrected chi connectivity index (χ3v) is 9.80. The number of fused-ring (bicyclic) bond motifs is 1. The second kappa shape index (κ2) is 11.7. The van der Waals surface area contributed by atoms with E-state index in [1.54, 1.807) is 23.5 Å². The maximum atomic E-state index is 13.3. The SMILES string of the molecule is CCOc1ccc2nc(N3CCN(C(=O)c4ccc(S(=O)(=O)N(CC)Cc5ccccc5)cc4)CC3)sc2c1. The summed E-state index contributed by atoms with van der Waals surface area (Å²) in [6, 6.07) is 21.7. The summed E-state index contributed by atoms with van der Waals surface area (Å²) in [6.07, 6.45) is 0. The number of hydrogen-bond donors (Lipinski definition) is 0. The molecular formula is C29H32N4O4S2. The molecule has 0 radical (unpaired) electrons. The molecule has 5 rings (SSSR count). The number of anilines is 1. The molecule has 2 heterocycles. The monoisotopic (exact) mass is 564 g/mol. The Bertz CT molecular complexity index is 1530. The van der Waals surface area contributed by atoms with Crippen LogP contribution in [0.15, 0.2) is 77.7 Å². The van der Waals surface area contributed by atoms with E-state index in [0.717, 1.165) is 26.7 Å². The molecule has 0 atom stereocenters. The predicted molar refractivity (Wildman–Crippen MR) is 155 cm³/mol. The molecule has 204 valence electrons. The number of carbonyl (C=O) groups is 1. The van der Waals surface area contributed by atoms with Gasteiger partial charge in [0, 0.05) is 44.8 Å². The molecule has 10 heteroatoms. The van der Waals surface area contributed by atoms with Crippen molar-refractivity contribution >= 4 is 42.6 Å². The van der Waals surface area contributed by atoms with Crippen LogP contribution in [-0.2, 0) is 16.6 Å². The zero-order chi connectivity index (χ0) is 27.4. The fourth-order valence-corrected chi connectivity index (χ4v) is 7.12. The summed E-state index contributed by atoms with van der Waals surface area (Å²) in [7, 11) is -3.68. The van der Waals surface area contributed by atoms with Crippen LogP contribution < -0.4 is 9.64 Å². The van der Waals surface area contributed by atoms with Crippen molar-refractivity contribution in [2.75, 3.05) is 44.2 Å². The van der Waals surface area contributed by atoms with Crippen molar-refractivity contribution in [2.24, 2.45) is 0 Å². The van der Waals surface area contributed by atoms with Gasteiger partial charge in [-0.25, -0.2) is 13.4 Å². The van der Waals surface area contributed by atoms with Crippen molar-refractivity contribution in [2.45, 2.75) is 25.3 Å². The van der Waals surface area contributed by atoms with E-state index in [1.165, 1.54) is 16.4 Å². The molecule has 0 aliphatic carbocycles. The van der Waals surface area contributed by atoms with Crippen molar-refractivity contribution in [1.82, 2.24) is 14.2 Å². The number of aromatic nitrogens is 1. The molecule has 1 fully saturated rings. The fraction of sp³-hybridized carbons (Fsp3) is 0.310. The normalized spacial score (nSPS) is 14.2. The largest absolute Gasteiger partial charge is 0.494 e. The number of rotatable bonds is 9. The molecular weight excluding hydrogens is 532 g/mol. The van der Waals surface area contributed by atoms with Crippen molar-refractivity contribution in [3.8, 4) is 5.75 Å². The van der Waals surface area contributed by atoms with Gasteiger partial charge in [-0.05, 0) is 55.0 Å². The van der Waals surface area contributed by atoms with Crippen LogP contribution in [0.1, 0.15) is 29.8 Å². The average Bonchev–Trinajstić information content (AvgIpc) is 3.40. The van der Waals surface area contributed by atoms with Gasteiger partial charge in [0.15, 0.2) is 5.13 Å². The number of nitrogens with zero attached hydrogens (tertiary/aromatic N) is 4. The lowest BCUT2D eigenvalue weighted by atomic mass is 10.2. The first-order chi connectivity index (χ1) is 18.9. The molecule has 8 nitrogen and oxygen atoms in total. The standard InChI is InChI=1S/C29H32N4O4S2/c1-3-33(21-22-8-6-5-7-9-22)39(35,36)25-13-10-23(11-14-25)28(34)31-16-18-32(19-17-31)29-30-26-15-12-24(37-4-2)20-27(26)38-29/h5-15,20H,3-4,16-19,21H2,1-2H3. The van der Waals surface area contributed by atoms with E-state index in [-0.39, 0.29) is 10.8 Å². The number of amides is 1. The summed E-state index contributed by atoms with van der Waals surface area (Å²) in [5.74, 6) is 0.744. The Morgan fingerprint density at radius 3 is 2.36 bits per heavy atom. The highest BCUT2D eigenvalue weighted by molar-refractivity contribution is 7.89. The zero-order valence-electron chi connectivity index (χ0n) is 22.1. The van der Waals surface area contributed by atoms with Crippen LogP contribution in [0, 0.1) is 0 Å². The Kier molecular flexibility index (Phi) is 8.15. The molecule has 0 saturated carbocycles. The molecule has 4 aromatic rings. The van der Waals surface area contributed by atoms with Gasteiger partial charge in [0.1, 0.15) is 5.75 Å². The summed E-state index contributed by atoms with van der Waals surface area (Å²) in [5, 5.41) is 0.941. The summed E-state index contributed by atoms with van der Waals surface area (Å²) in [4.78, 5) is 22.2. The highest BCUT2D eigenvalue weighted by Gasteiger charge is 2.26. The Labute approximate surface area is 233 Å². The van der Waals surface area contributed by atoms with Crippen molar-refractivity contribution in [1.29, 1.82) is 0 Å². The van der Waals surface area contributed by atoms with Gasteiger partial charge in [0.25, 0.3) is 5.91 Å². The minimum absolute atomic E-state index is 0.0964. The Morgan fingerprint density at radius 2 is 1.69 bits per heavy atom. The molecule has 0 unspecified atom stereocenters. The van der Waals surface area contributed by atoms with Crippen LogP contribution in [0.25, 0.3) is 10.2 Å². The molecule has 0 N–H and O–H groups in total. The number of benzene rings is 3. The summed E-state index contributed by atoms with van der Waals surface area (Å²) >= 11 is 1.63. The van der Waals surface area contributed by atoms with Crippen molar-refractivity contribution < 1.29 is 17.9 Å². The van der Waals surface area contributed by atoms with Gasteiger partial charge in [-0.2, -0.15) is 4.31 Å². The molecule has 1 aliphatic rings. The first-order valence-electron chi connectivity index (χ1n) is 13.1. The van der Waals surface area contributed by atoms with E-state index >= 15 is 0 Å². The lowest BCUT2D eigenvalue weighted by Crippen LogP contribution is -2.48. The van der Waals surface area contributed by atoms with Crippen LogP contribution in [0.3, 0.4) is 0 Å². The van der Waals surface area contributed by atoms with Gasteiger partial charge >= 0.3 is 0 Å². The lowest BCUT2D eigenvalue weighted by Gasteiger charge is -2.34. The topological polar surface area (TPSA) is 83.0 Å². The molecule has 0 bridgehead atoms. The zero-order valence-corrected chi connectivity index (χ0v) is 23.7. The van der Waals surface area contributed by atoms with Gasteiger partial charge in [-0.15, -0.1) is 0 Å². The Balaban J connectivity index is 1.22. The van der Waals surface area contributed by atoms with Crippen LogP contribution in [0.4, 0.5) is 5.13 Å². The van der Waals surface area contributed by atoms with Gasteiger partial charge in [-0.1, -0.05) is 48.6 Å². The molecule has 1 saturated heterocycles. The number of sulfonamides is 1. The summed E-state index contributed by atoms with van der Waals surface area (Å²) in [6.45, 7) is 7.56. The molecule has 0 spiro atoms. The van der Waals surface area contributed by atoms with E-state index in [4.69, 9.17) is 9.72 Å². The highest BCUT2D eigenvalue weighted by atomic mass is 32.2. The molecule has 3 aromatic carbocycles. The quantitative estimate of drug-likeness (QED) is 0.289. The van der Waals surface area contributed by atoms with E-state index in [1.807, 2.05) is 67.3 Å². The first kappa shape index (κ1) is 27.1. The second-order valence-electron chi connectivity index (χ2n) is 9.28. The van der Waals surface area contributed by atoms with E-state index in [0.29, 0.717) is 51.4 Å². The van der Waals surface area contributed by atoms with Crippen molar-refractivity contribution in [3.63, 3.8) is 0 Å². The lowest BCUT2D eigenvalue weighted by molar-refractivity contribution is 0.0746. The van der Waals surface area contributed by atoms with Gasteiger partial charge in [-0.3, -0.25) is 4.79 Å². The number of piperazine rings is 1. The number of ether oxygens (including phenoxy) is 1. The number of hydrogen-bond acceptors (Lipinski definition) is 7. The maximum Gasteiger partial charge on any atom is 0.253 e. The minimum Gasteiger partial charge on any atom is -0.494 e. The fourth-order valence-electron chi connectivity index (χ4n) is 4.64. The van der Waals surface area contributed by atoms with Gasteiger partial charge < -0.3 is 14.5 Å². The third-order valence-electron chi connectivity index (χ3n) is 6.79. The highest BCUT2D eigenvalue weighted by Crippen LogP contribution is 2.32. The predicted octanol–water partition coefficient (Wildman–Crippen LogP) is 4.87. The molecule has 39 heavy (non-hydrogen) atoms. The van der Waals surface area contributed by atoms with Crippen LogP contribution >= 0.6 is 11.3 Å². The molecule has 1 aromatic heterocycles. The number of carbonyl (C=O) groups excluding carboxylic acids is 1. The van der Waals surface area contributed by atoms with E-state index in [2.05, 4.69) is 4.90 Å². The maximum absolute atomic E-state index is 13.3. The summed E-state index contributed by atoms with van der Waals surface area (Å²) in [5.41, 5.74) is 2.35. The van der Waals surface area contributed by atoms with Crippen LogP contribution in [0.2, 0.25) is 0 Å². The van der Waals surface area contributed by atoms with Crippen molar-refractivity contribution in [3.05, 3.63) is 83.9 Å². The average molecular weight is 565 g/mol. The number of thiazole rings is 1. The van der Waals surface area contributed by atoms with Crippen LogP contribution in [0.5, 0.6) is 5.75 Å². The Morgan fingerprint density at radius 1 is 0.974 bits per heavy atom. The van der Waals surface area contributed by atoms with E-state index in [9.17, 15) is 13.2 Å².